The highest BCUT2D eigenvalue weighted by Crippen LogP contribution is 2.32. The fraction of sp³-hybridized carbons (Fsp3) is 0.172. The van der Waals surface area contributed by atoms with E-state index in [1.807, 2.05) is 30.3 Å². The van der Waals surface area contributed by atoms with Gasteiger partial charge in [-0.15, -0.1) is 11.3 Å². The predicted molar refractivity (Wildman–Crippen MR) is 147 cm³/mol. The number of benzene rings is 3. The number of nitrogens with one attached hydrogen (secondary N) is 1. The summed E-state index contributed by atoms with van der Waals surface area (Å²) in [6, 6.07) is 21.8. The summed E-state index contributed by atoms with van der Waals surface area (Å²) in [7, 11) is 0. The third kappa shape index (κ3) is 6.80. The number of hydrogen-bond acceptors (Lipinski definition) is 6. The number of thiazole rings is 1. The molecule has 1 N–H and O–H groups in total. The van der Waals surface area contributed by atoms with E-state index in [9.17, 15) is 18.0 Å². The maximum absolute atomic E-state index is 13.3. The molecule has 0 saturated carbocycles. The second-order valence-corrected chi connectivity index (χ2v) is 9.58. The lowest BCUT2D eigenvalue weighted by atomic mass is 10.1. The van der Waals surface area contributed by atoms with Gasteiger partial charge in [-0.2, -0.15) is 18.3 Å². The van der Waals surface area contributed by atoms with Crippen molar-refractivity contribution in [2.24, 2.45) is 0 Å². The topological polar surface area (TPSA) is 81.9 Å². The maximum atomic E-state index is 13.3. The van der Waals surface area contributed by atoms with Gasteiger partial charge in [-0.1, -0.05) is 42.5 Å². The van der Waals surface area contributed by atoms with Crippen LogP contribution in [0.3, 0.4) is 0 Å². The number of amides is 1. The second-order valence-electron chi connectivity index (χ2n) is 8.86. The number of carbonyl (C=O) groups excluding carboxylic acids is 1. The lowest BCUT2D eigenvalue weighted by Gasteiger charge is -2.08. The Balaban J connectivity index is 1.35. The molecule has 40 heavy (non-hydrogen) atoms. The molecule has 204 valence electrons. The number of aromatic nitrogens is 4. The van der Waals surface area contributed by atoms with Crippen molar-refractivity contribution in [1.82, 2.24) is 19.7 Å². The number of alkyl halides is 3. The van der Waals surface area contributed by atoms with Gasteiger partial charge >= 0.3 is 6.18 Å². The number of ether oxygens (including phenoxy) is 1. The van der Waals surface area contributed by atoms with Crippen molar-refractivity contribution >= 4 is 22.9 Å². The first-order valence-electron chi connectivity index (χ1n) is 12.4. The van der Waals surface area contributed by atoms with E-state index >= 15 is 0 Å². The number of nitrogens with zero attached hydrogens (tertiary/aromatic N) is 4. The summed E-state index contributed by atoms with van der Waals surface area (Å²) < 4.78 is 47.4. The summed E-state index contributed by atoms with van der Waals surface area (Å²) in [5.41, 5.74) is 3.74. The largest absolute Gasteiger partial charge is 0.416 e. The fourth-order valence-electron chi connectivity index (χ4n) is 3.97. The maximum Gasteiger partial charge on any atom is 0.416 e. The summed E-state index contributed by atoms with van der Waals surface area (Å²) in [4.78, 5) is 20.9. The summed E-state index contributed by atoms with van der Waals surface area (Å²) in [5.74, 6) is 0.361. The summed E-state index contributed by atoms with van der Waals surface area (Å²) in [6.07, 6.45) is -3.86. The fourth-order valence-corrected chi connectivity index (χ4v) is 4.50. The number of rotatable bonds is 10. The smallest absolute Gasteiger partial charge is 0.377 e. The molecule has 11 heteroatoms. The molecule has 5 aromatic rings. The average molecular weight is 564 g/mol. The normalized spacial score (nSPS) is 11.5. The van der Waals surface area contributed by atoms with E-state index in [-0.39, 0.29) is 17.3 Å². The molecule has 0 aliphatic heterocycles. The highest BCUT2D eigenvalue weighted by molar-refractivity contribution is 7.07. The first-order chi connectivity index (χ1) is 19.4. The molecular formula is C29H24F3N5O2S. The number of halogens is 3. The Hall–Kier alpha value is -4.35. The van der Waals surface area contributed by atoms with Crippen LogP contribution in [0.15, 0.2) is 89.8 Å². The second kappa shape index (κ2) is 12.2. The van der Waals surface area contributed by atoms with Gasteiger partial charge in [-0.05, 0) is 48.4 Å². The third-order valence-electron chi connectivity index (χ3n) is 5.96. The SMILES string of the molecule is O=C(Nc1ccc(-c2nc(-c3cccc(C(F)(F)F)c3)nn2CCCOCc2ccccc2)cc1)c1cscn1. The quantitative estimate of drug-likeness (QED) is 0.186. The van der Waals surface area contributed by atoms with Gasteiger partial charge in [0.1, 0.15) is 5.69 Å². The van der Waals surface area contributed by atoms with Gasteiger partial charge in [0, 0.05) is 35.3 Å². The molecule has 0 saturated heterocycles. The standard InChI is InChI=1S/C29H24F3N5O2S/c30-29(31,32)23-9-4-8-22(16-23)26-35-27(37(36-26)14-5-15-39-17-20-6-2-1-3-7-20)21-10-12-24(13-11-21)34-28(38)25-18-40-19-33-25/h1-4,6-13,16,18-19H,5,14-15,17H2,(H,34,38). The Kier molecular flexibility index (Phi) is 8.32. The van der Waals surface area contributed by atoms with Crippen LogP contribution in [0.4, 0.5) is 18.9 Å². The van der Waals surface area contributed by atoms with E-state index in [2.05, 4.69) is 20.4 Å². The molecule has 2 aromatic heterocycles. The molecule has 1 amide bonds. The van der Waals surface area contributed by atoms with Crippen molar-refractivity contribution < 1.29 is 22.7 Å². The zero-order valence-corrected chi connectivity index (χ0v) is 22.0. The van der Waals surface area contributed by atoms with Crippen LogP contribution in [-0.2, 0) is 24.1 Å². The number of hydrogen-bond donors (Lipinski definition) is 1. The number of anilines is 1. The van der Waals surface area contributed by atoms with Gasteiger partial charge in [0.2, 0.25) is 0 Å². The predicted octanol–water partition coefficient (Wildman–Crippen LogP) is 6.95. The molecule has 5 rings (SSSR count). The number of aryl methyl sites for hydroxylation is 1. The van der Waals surface area contributed by atoms with Crippen LogP contribution in [0.25, 0.3) is 22.8 Å². The molecule has 0 fully saturated rings. The van der Waals surface area contributed by atoms with E-state index in [0.717, 1.165) is 17.7 Å². The monoisotopic (exact) mass is 563 g/mol. The summed E-state index contributed by atoms with van der Waals surface area (Å²) >= 11 is 1.33. The molecule has 0 unspecified atom stereocenters. The van der Waals surface area contributed by atoms with E-state index in [1.165, 1.54) is 17.4 Å². The minimum Gasteiger partial charge on any atom is -0.377 e. The third-order valence-corrected chi connectivity index (χ3v) is 6.54. The van der Waals surface area contributed by atoms with Crippen LogP contribution in [-0.4, -0.2) is 32.3 Å². The summed E-state index contributed by atoms with van der Waals surface area (Å²) in [6.45, 7) is 1.39. The Morgan fingerprint density at radius 3 is 2.50 bits per heavy atom. The van der Waals surface area contributed by atoms with Crippen LogP contribution in [0, 0.1) is 0 Å². The van der Waals surface area contributed by atoms with Crippen LogP contribution >= 0.6 is 11.3 Å². The zero-order chi connectivity index (χ0) is 28.0. The molecule has 7 nitrogen and oxygen atoms in total. The first kappa shape index (κ1) is 27.2. The van der Waals surface area contributed by atoms with Crippen molar-refractivity contribution in [3.8, 4) is 22.8 Å². The van der Waals surface area contributed by atoms with Crippen molar-refractivity contribution in [2.75, 3.05) is 11.9 Å². The average Bonchev–Trinajstić information content (AvgIpc) is 3.65. The molecule has 2 heterocycles. The Bertz CT molecular complexity index is 1550. The van der Waals surface area contributed by atoms with Crippen molar-refractivity contribution in [3.63, 3.8) is 0 Å². The zero-order valence-electron chi connectivity index (χ0n) is 21.1. The molecule has 0 bridgehead atoms. The van der Waals surface area contributed by atoms with Gasteiger partial charge in [0.15, 0.2) is 11.6 Å². The van der Waals surface area contributed by atoms with Crippen molar-refractivity contribution in [1.29, 1.82) is 0 Å². The molecule has 0 spiro atoms. The summed E-state index contributed by atoms with van der Waals surface area (Å²) in [5, 5.41) is 8.99. The minimum atomic E-state index is -4.48. The van der Waals surface area contributed by atoms with Crippen LogP contribution in [0.1, 0.15) is 28.0 Å². The minimum absolute atomic E-state index is 0.187. The Morgan fingerprint density at radius 1 is 0.975 bits per heavy atom. The van der Waals surface area contributed by atoms with E-state index in [1.54, 1.807) is 45.9 Å². The Labute approximate surface area is 232 Å². The molecule has 0 radical (unpaired) electrons. The Morgan fingerprint density at radius 2 is 1.77 bits per heavy atom. The molecule has 3 aromatic carbocycles. The van der Waals surface area contributed by atoms with Gasteiger partial charge in [-0.25, -0.2) is 14.6 Å². The van der Waals surface area contributed by atoms with Crippen molar-refractivity contribution in [2.45, 2.75) is 25.7 Å². The first-order valence-corrected chi connectivity index (χ1v) is 13.4. The molecule has 0 atom stereocenters. The van der Waals surface area contributed by atoms with E-state index < -0.39 is 11.7 Å². The molecule has 0 aliphatic rings. The van der Waals surface area contributed by atoms with Crippen LogP contribution in [0.5, 0.6) is 0 Å². The van der Waals surface area contributed by atoms with Crippen LogP contribution < -0.4 is 5.32 Å². The van der Waals surface area contributed by atoms with Crippen molar-refractivity contribution in [3.05, 3.63) is 107 Å². The highest BCUT2D eigenvalue weighted by atomic mass is 32.1. The van der Waals surface area contributed by atoms with Gasteiger partial charge in [-0.3, -0.25) is 4.79 Å². The molecular weight excluding hydrogens is 539 g/mol. The number of carbonyl (C=O) groups is 1. The van der Waals surface area contributed by atoms with E-state index in [4.69, 9.17) is 4.74 Å². The molecule has 0 aliphatic carbocycles. The van der Waals surface area contributed by atoms with Gasteiger partial charge in [0.25, 0.3) is 5.91 Å². The lowest BCUT2D eigenvalue weighted by molar-refractivity contribution is -0.137. The van der Waals surface area contributed by atoms with Gasteiger partial charge < -0.3 is 10.1 Å². The van der Waals surface area contributed by atoms with Crippen LogP contribution in [0.2, 0.25) is 0 Å². The van der Waals surface area contributed by atoms with Gasteiger partial charge in [0.05, 0.1) is 17.7 Å². The lowest BCUT2D eigenvalue weighted by Crippen LogP contribution is -2.12. The van der Waals surface area contributed by atoms with E-state index in [0.29, 0.717) is 48.9 Å². The highest BCUT2D eigenvalue weighted by Gasteiger charge is 2.31.